The van der Waals surface area contributed by atoms with Crippen molar-refractivity contribution >= 4 is 0 Å². The van der Waals surface area contributed by atoms with E-state index in [0.29, 0.717) is 6.10 Å². The van der Waals surface area contributed by atoms with Crippen molar-refractivity contribution in [2.75, 3.05) is 26.2 Å². The molecule has 0 aromatic heterocycles. The van der Waals surface area contributed by atoms with Gasteiger partial charge in [0.05, 0.1) is 0 Å². The molecular weight excluding hydrogens is 260 g/mol. The standard InChI is InChI=1S/C18H26N2O/c1-13-4-5-18-15(9-13)10-16(21-18)12-20-8-6-17-14(11-20)3-2-7-19-17/h4-5,9,14,16-17,19H,2-3,6-8,10-12H2,1H3. The van der Waals surface area contributed by atoms with E-state index in [-0.39, 0.29) is 0 Å². The lowest BCUT2D eigenvalue weighted by molar-refractivity contribution is 0.0786. The normalized spacial score (nSPS) is 32.3. The monoisotopic (exact) mass is 286 g/mol. The number of nitrogens with zero attached hydrogens (tertiary/aromatic N) is 1. The van der Waals surface area contributed by atoms with Gasteiger partial charge in [0.2, 0.25) is 0 Å². The van der Waals surface area contributed by atoms with Crippen LogP contribution in [-0.4, -0.2) is 43.2 Å². The quantitative estimate of drug-likeness (QED) is 0.903. The average molecular weight is 286 g/mol. The minimum Gasteiger partial charge on any atom is -0.488 e. The van der Waals surface area contributed by atoms with E-state index >= 15 is 0 Å². The highest BCUT2D eigenvalue weighted by molar-refractivity contribution is 5.40. The van der Waals surface area contributed by atoms with Crippen molar-refractivity contribution in [2.24, 2.45) is 5.92 Å². The summed E-state index contributed by atoms with van der Waals surface area (Å²) in [6, 6.07) is 7.36. The third-order valence-electron chi connectivity index (χ3n) is 5.40. The summed E-state index contributed by atoms with van der Waals surface area (Å²) in [5.41, 5.74) is 2.74. The average Bonchev–Trinajstić information content (AvgIpc) is 2.88. The highest BCUT2D eigenvalue weighted by atomic mass is 16.5. The van der Waals surface area contributed by atoms with Gasteiger partial charge in [-0.1, -0.05) is 17.7 Å². The van der Waals surface area contributed by atoms with Crippen LogP contribution in [0.4, 0.5) is 0 Å². The number of rotatable bonds is 2. The maximum absolute atomic E-state index is 6.14. The molecule has 3 unspecified atom stereocenters. The SMILES string of the molecule is Cc1ccc2c(c1)CC(CN1CCC3NCCCC3C1)O2. The first-order valence-corrected chi connectivity index (χ1v) is 8.50. The lowest BCUT2D eigenvalue weighted by Crippen LogP contribution is -2.53. The van der Waals surface area contributed by atoms with Crippen LogP contribution in [0.1, 0.15) is 30.4 Å². The fourth-order valence-corrected chi connectivity index (χ4v) is 4.33. The van der Waals surface area contributed by atoms with Gasteiger partial charge < -0.3 is 10.1 Å². The molecule has 3 atom stereocenters. The molecule has 0 radical (unpaired) electrons. The van der Waals surface area contributed by atoms with E-state index in [0.717, 1.165) is 30.7 Å². The highest BCUT2D eigenvalue weighted by Crippen LogP contribution is 2.31. The van der Waals surface area contributed by atoms with Crippen molar-refractivity contribution in [1.82, 2.24) is 10.2 Å². The third kappa shape index (κ3) is 2.82. The molecular formula is C18H26N2O. The summed E-state index contributed by atoms with van der Waals surface area (Å²) in [5.74, 6) is 1.97. The van der Waals surface area contributed by atoms with E-state index in [2.05, 4.69) is 35.3 Å². The van der Waals surface area contributed by atoms with E-state index in [1.54, 1.807) is 0 Å². The first-order valence-electron chi connectivity index (χ1n) is 8.50. The molecule has 1 aromatic carbocycles. The summed E-state index contributed by atoms with van der Waals surface area (Å²) in [5, 5.41) is 3.70. The molecule has 0 amide bonds. The zero-order valence-electron chi connectivity index (χ0n) is 13.0. The minimum absolute atomic E-state index is 0.356. The molecule has 21 heavy (non-hydrogen) atoms. The maximum Gasteiger partial charge on any atom is 0.123 e. The van der Waals surface area contributed by atoms with E-state index in [1.165, 1.54) is 50.0 Å². The molecule has 3 aliphatic rings. The minimum atomic E-state index is 0.356. The van der Waals surface area contributed by atoms with Crippen LogP contribution in [0.5, 0.6) is 5.75 Å². The Labute approximate surface area is 127 Å². The number of piperidine rings is 2. The zero-order valence-corrected chi connectivity index (χ0v) is 13.0. The molecule has 0 spiro atoms. The molecule has 3 heterocycles. The molecule has 0 aliphatic carbocycles. The van der Waals surface area contributed by atoms with Gasteiger partial charge in [0.25, 0.3) is 0 Å². The van der Waals surface area contributed by atoms with E-state index in [4.69, 9.17) is 4.74 Å². The summed E-state index contributed by atoms with van der Waals surface area (Å²) in [7, 11) is 0. The molecule has 3 aliphatic heterocycles. The zero-order chi connectivity index (χ0) is 14.2. The topological polar surface area (TPSA) is 24.5 Å². The summed E-state index contributed by atoms with van der Waals surface area (Å²) in [4.78, 5) is 2.64. The van der Waals surface area contributed by atoms with Crippen molar-refractivity contribution in [3.05, 3.63) is 29.3 Å². The predicted molar refractivity (Wildman–Crippen MR) is 84.9 cm³/mol. The van der Waals surface area contributed by atoms with Crippen LogP contribution in [0.3, 0.4) is 0 Å². The molecule has 2 fully saturated rings. The summed E-state index contributed by atoms with van der Waals surface area (Å²) in [6.07, 6.45) is 5.50. The van der Waals surface area contributed by atoms with Crippen LogP contribution < -0.4 is 10.1 Å². The van der Waals surface area contributed by atoms with Crippen molar-refractivity contribution in [1.29, 1.82) is 0 Å². The molecule has 2 saturated heterocycles. The third-order valence-corrected chi connectivity index (χ3v) is 5.40. The van der Waals surface area contributed by atoms with E-state index < -0.39 is 0 Å². The van der Waals surface area contributed by atoms with Gasteiger partial charge >= 0.3 is 0 Å². The molecule has 114 valence electrons. The van der Waals surface area contributed by atoms with Crippen molar-refractivity contribution in [2.45, 2.75) is 44.8 Å². The molecule has 0 bridgehead atoms. The number of likely N-dealkylation sites (tertiary alicyclic amines) is 1. The lowest BCUT2D eigenvalue weighted by Gasteiger charge is -2.42. The van der Waals surface area contributed by atoms with E-state index in [1.807, 2.05) is 0 Å². The summed E-state index contributed by atoms with van der Waals surface area (Å²) < 4.78 is 6.14. The number of hydrogen-bond donors (Lipinski definition) is 1. The molecule has 4 rings (SSSR count). The number of hydrogen-bond acceptors (Lipinski definition) is 3. The van der Waals surface area contributed by atoms with Gasteiger partial charge in [-0.25, -0.2) is 0 Å². The molecule has 0 saturated carbocycles. The Bertz CT molecular complexity index is 516. The maximum atomic E-state index is 6.14. The first-order chi connectivity index (χ1) is 10.3. The Morgan fingerprint density at radius 2 is 2.29 bits per heavy atom. The summed E-state index contributed by atoms with van der Waals surface area (Å²) >= 11 is 0. The van der Waals surface area contributed by atoms with Crippen LogP contribution in [0.15, 0.2) is 18.2 Å². The van der Waals surface area contributed by atoms with Crippen LogP contribution in [0.2, 0.25) is 0 Å². The second kappa shape index (κ2) is 5.62. The van der Waals surface area contributed by atoms with Gasteiger partial charge in [0.1, 0.15) is 11.9 Å². The molecule has 1 N–H and O–H groups in total. The number of benzene rings is 1. The number of nitrogens with one attached hydrogen (secondary N) is 1. The van der Waals surface area contributed by atoms with Crippen molar-refractivity contribution < 1.29 is 4.74 Å². The lowest BCUT2D eigenvalue weighted by atomic mass is 9.85. The Balaban J connectivity index is 1.35. The van der Waals surface area contributed by atoms with Gasteiger partial charge in [0, 0.05) is 25.6 Å². The van der Waals surface area contributed by atoms with Crippen LogP contribution in [0, 0.1) is 12.8 Å². The molecule has 1 aromatic rings. The van der Waals surface area contributed by atoms with Crippen molar-refractivity contribution in [3.8, 4) is 5.75 Å². The smallest absolute Gasteiger partial charge is 0.123 e. The molecule has 3 nitrogen and oxygen atoms in total. The second-order valence-electron chi connectivity index (χ2n) is 7.07. The van der Waals surface area contributed by atoms with Gasteiger partial charge in [-0.05, 0) is 56.8 Å². The predicted octanol–water partition coefficient (Wildman–Crippen LogP) is 2.37. The Kier molecular flexibility index (Phi) is 3.64. The Hall–Kier alpha value is -1.06. The highest BCUT2D eigenvalue weighted by Gasteiger charge is 2.33. The van der Waals surface area contributed by atoms with Crippen LogP contribution in [0.25, 0.3) is 0 Å². The van der Waals surface area contributed by atoms with Crippen molar-refractivity contribution in [3.63, 3.8) is 0 Å². The second-order valence-corrected chi connectivity index (χ2v) is 7.07. The fourth-order valence-electron chi connectivity index (χ4n) is 4.33. The van der Waals surface area contributed by atoms with Gasteiger partial charge in [-0.15, -0.1) is 0 Å². The number of aryl methyl sites for hydroxylation is 1. The Morgan fingerprint density at radius 3 is 3.24 bits per heavy atom. The van der Waals surface area contributed by atoms with Crippen LogP contribution >= 0.6 is 0 Å². The summed E-state index contributed by atoms with van der Waals surface area (Å²) in [6.45, 7) is 6.96. The van der Waals surface area contributed by atoms with E-state index in [9.17, 15) is 0 Å². The molecule has 3 heteroatoms. The van der Waals surface area contributed by atoms with Gasteiger partial charge in [-0.3, -0.25) is 4.90 Å². The largest absolute Gasteiger partial charge is 0.488 e. The first kappa shape index (κ1) is 13.6. The van der Waals surface area contributed by atoms with Gasteiger partial charge in [-0.2, -0.15) is 0 Å². The number of ether oxygens (including phenoxy) is 1. The van der Waals surface area contributed by atoms with Gasteiger partial charge in [0.15, 0.2) is 0 Å². The fraction of sp³-hybridized carbons (Fsp3) is 0.667. The number of fused-ring (bicyclic) bond motifs is 2. The Morgan fingerprint density at radius 1 is 1.33 bits per heavy atom. The van der Waals surface area contributed by atoms with Crippen LogP contribution in [-0.2, 0) is 6.42 Å².